The molecule has 4 saturated heterocycles. The maximum absolute atomic E-state index is 15.5. The van der Waals surface area contributed by atoms with Crippen molar-refractivity contribution < 1.29 is 23.0 Å². The standard InChI is InChI=1S/C27H33BrClF2N5O3/c1-26(2,3)39-25(37)36-16-5-6-17(36)13-34(12-16)23-18-9-19(29)20(28)21(31)22(18)32-24(33-23)38-14-27-7-4-8-35(27)11-15(30)10-27/h9,15-17H,4-8,10-14H2,1-3H3/t15-,16?,17?,27+/m1/s1. The number of rotatable bonds is 4. The molecular formula is C27H33BrClF2N5O3. The first kappa shape index (κ1) is 27.2. The molecule has 1 amide bonds. The van der Waals surface area contributed by atoms with Crippen molar-refractivity contribution in [2.45, 2.75) is 82.3 Å². The van der Waals surface area contributed by atoms with Gasteiger partial charge in [-0.05, 0) is 75.0 Å². The fourth-order valence-corrected chi connectivity index (χ4v) is 7.27. The number of hydrogen-bond donors (Lipinski definition) is 0. The predicted octanol–water partition coefficient (Wildman–Crippen LogP) is 5.73. The van der Waals surface area contributed by atoms with Crippen LogP contribution < -0.4 is 9.64 Å². The normalized spacial score (nSPS) is 28.8. The molecule has 212 valence electrons. The highest BCUT2D eigenvalue weighted by Gasteiger charge is 2.50. The maximum Gasteiger partial charge on any atom is 0.410 e. The lowest BCUT2D eigenvalue weighted by molar-refractivity contribution is 0.0122. The van der Waals surface area contributed by atoms with E-state index in [9.17, 15) is 9.18 Å². The number of carbonyl (C=O) groups excluding carboxylic acids is 1. The van der Waals surface area contributed by atoms with Crippen LogP contribution in [0.25, 0.3) is 10.9 Å². The molecule has 1 aromatic heterocycles. The Labute approximate surface area is 240 Å². The molecule has 0 radical (unpaired) electrons. The van der Waals surface area contributed by atoms with Gasteiger partial charge < -0.3 is 14.4 Å². The largest absolute Gasteiger partial charge is 0.461 e. The zero-order valence-corrected chi connectivity index (χ0v) is 24.7. The van der Waals surface area contributed by atoms with Crippen molar-refractivity contribution in [2.24, 2.45) is 0 Å². The summed E-state index contributed by atoms with van der Waals surface area (Å²) in [6.07, 6.45) is 2.75. The number of ether oxygens (including phenoxy) is 2. The summed E-state index contributed by atoms with van der Waals surface area (Å²) in [4.78, 5) is 28.2. The van der Waals surface area contributed by atoms with Crippen LogP contribution in [0, 0.1) is 5.82 Å². The van der Waals surface area contributed by atoms with E-state index >= 15 is 4.39 Å². The Morgan fingerprint density at radius 3 is 2.64 bits per heavy atom. The second-order valence-corrected chi connectivity index (χ2v) is 13.5. The fraction of sp³-hybridized carbons (Fsp3) is 0.667. The number of piperazine rings is 1. The number of halogens is 4. The number of amides is 1. The van der Waals surface area contributed by atoms with Crippen LogP contribution in [0.3, 0.4) is 0 Å². The highest BCUT2D eigenvalue weighted by Crippen LogP contribution is 2.42. The Kier molecular flexibility index (Phi) is 6.86. The molecule has 4 fully saturated rings. The summed E-state index contributed by atoms with van der Waals surface area (Å²) >= 11 is 9.59. The Morgan fingerprint density at radius 1 is 1.23 bits per heavy atom. The molecular weight excluding hydrogens is 596 g/mol. The van der Waals surface area contributed by atoms with Gasteiger partial charge in [0, 0.05) is 31.4 Å². The van der Waals surface area contributed by atoms with Gasteiger partial charge in [0.1, 0.15) is 29.7 Å². The van der Waals surface area contributed by atoms with E-state index in [-0.39, 0.29) is 51.3 Å². The molecule has 39 heavy (non-hydrogen) atoms. The molecule has 2 unspecified atom stereocenters. The van der Waals surface area contributed by atoms with Crippen LogP contribution in [0.2, 0.25) is 5.02 Å². The number of alkyl halides is 1. The van der Waals surface area contributed by atoms with Crippen molar-refractivity contribution >= 4 is 50.3 Å². The van der Waals surface area contributed by atoms with Crippen molar-refractivity contribution in [3.05, 3.63) is 21.4 Å². The molecule has 0 spiro atoms. The van der Waals surface area contributed by atoms with Crippen LogP contribution in [0.1, 0.15) is 52.9 Å². The van der Waals surface area contributed by atoms with E-state index in [1.807, 2.05) is 25.7 Å². The second-order valence-electron chi connectivity index (χ2n) is 12.3. The van der Waals surface area contributed by atoms with Crippen LogP contribution in [0.15, 0.2) is 10.5 Å². The Morgan fingerprint density at radius 2 is 1.95 bits per heavy atom. The third-order valence-corrected chi connectivity index (χ3v) is 9.70. The number of fused-ring (bicyclic) bond motifs is 4. The summed E-state index contributed by atoms with van der Waals surface area (Å²) < 4.78 is 41.7. The number of nitrogens with zero attached hydrogens (tertiary/aromatic N) is 5. The van der Waals surface area contributed by atoms with Crippen LogP contribution in [-0.4, -0.2) is 88.0 Å². The first-order valence-corrected chi connectivity index (χ1v) is 14.7. The number of aromatic nitrogens is 2. The SMILES string of the molecule is CC(C)(C)OC(=O)N1C2CCC1CN(c1nc(OC[C@@]34CCCN3C[C@H](F)C4)nc3c(F)c(Br)c(Cl)cc13)C2. The van der Waals surface area contributed by atoms with Crippen molar-refractivity contribution in [1.82, 2.24) is 19.8 Å². The van der Waals surface area contributed by atoms with E-state index in [0.29, 0.717) is 37.3 Å². The summed E-state index contributed by atoms with van der Waals surface area (Å²) in [6, 6.07) is 1.59. The first-order chi connectivity index (χ1) is 18.4. The maximum atomic E-state index is 15.5. The monoisotopic (exact) mass is 627 g/mol. The number of hydrogen-bond acceptors (Lipinski definition) is 7. The van der Waals surface area contributed by atoms with Crippen molar-refractivity contribution in [1.29, 1.82) is 0 Å². The smallest absolute Gasteiger partial charge is 0.410 e. The number of benzene rings is 1. The van der Waals surface area contributed by atoms with Crippen LogP contribution in [0.5, 0.6) is 6.01 Å². The van der Waals surface area contributed by atoms with Gasteiger partial charge in [0.15, 0.2) is 5.82 Å². The molecule has 0 aliphatic carbocycles. The van der Waals surface area contributed by atoms with E-state index < -0.39 is 17.6 Å². The van der Waals surface area contributed by atoms with Crippen molar-refractivity contribution in [3.63, 3.8) is 0 Å². The van der Waals surface area contributed by atoms with Crippen LogP contribution >= 0.6 is 27.5 Å². The summed E-state index contributed by atoms with van der Waals surface area (Å²) in [5.74, 6) is -0.0775. The fourth-order valence-electron chi connectivity index (χ4n) is 6.78. The van der Waals surface area contributed by atoms with Crippen LogP contribution in [0.4, 0.5) is 19.4 Å². The van der Waals surface area contributed by atoms with Crippen LogP contribution in [-0.2, 0) is 4.74 Å². The Bertz CT molecular complexity index is 1300. The van der Waals surface area contributed by atoms with E-state index in [1.54, 1.807) is 6.07 Å². The molecule has 0 saturated carbocycles. The molecule has 8 nitrogen and oxygen atoms in total. The molecule has 0 N–H and O–H groups in total. The minimum absolute atomic E-state index is 0.0519. The summed E-state index contributed by atoms with van der Waals surface area (Å²) in [7, 11) is 0. The van der Waals surface area contributed by atoms with Crippen molar-refractivity contribution in [2.75, 3.05) is 37.7 Å². The summed E-state index contributed by atoms with van der Waals surface area (Å²) in [6.45, 7) is 8.10. The molecule has 4 aliphatic heterocycles. The number of anilines is 1. The van der Waals surface area contributed by atoms with E-state index in [1.165, 1.54) is 0 Å². The average Bonchev–Trinajstić information content (AvgIpc) is 3.47. The third-order valence-electron chi connectivity index (χ3n) is 8.40. The van der Waals surface area contributed by atoms with Crippen molar-refractivity contribution in [3.8, 4) is 6.01 Å². The van der Waals surface area contributed by atoms with Gasteiger partial charge in [0.25, 0.3) is 0 Å². The molecule has 12 heteroatoms. The Balaban J connectivity index is 1.32. The van der Waals surface area contributed by atoms with E-state index in [4.69, 9.17) is 26.1 Å². The molecule has 4 atom stereocenters. The lowest BCUT2D eigenvalue weighted by atomic mass is 9.95. The topological polar surface area (TPSA) is 71.0 Å². The highest BCUT2D eigenvalue weighted by molar-refractivity contribution is 9.10. The Hall–Kier alpha value is -1.98. The zero-order chi connectivity index (χ0) is 27.7. The summed E-state index contributed by atoms with van der Waals surface area (Å²) in [5, 5.41) is 0.692. The second kappa shape index (κ2) is 9.83. The van der Waals surface area contributed by atoms with Gasteiger partial charge in [0.05, 0.1) is 27.1 Å². The van der Waals surface area contributed by atoms with Gasteiger partial charge in [-0.2, -0.15) is 9.97 Å². The van der Waals surface area contributed by atoms with E-state index in [0.717, 1.165) is 32.2 Å². The molecule has 2 bridgehead atoms. The molecule has 6 rings (SSSR count). The third kappa shape index (κ3) is 4.92. The van der Waals surface area contributed by atoms with Gasteiger partial charge in [-0.3, -0.25) is 9.80 Å². The molecule has 5 heterocycles. The molecule has 4 aliphatic rings. The predicted molar refractivity (Wildman–Crippen MR) is 148 cm³/mol. The van der Waals surface area contributed by atoms with E-state index in [2.05, 4.69) is 30.7 Å². The quantitative estimate of drug-likeness (QED) is 0.401. The average molecular weight is 629 g/mol. The van der Waals surface area contributed by atoms with Gasteiger partial charge in [-0.25, -0.2) is 13.6 Å². The minimum atomic E-state index is -0.880. The summed E-state index contributed by atoms with van der Waals surface area (Å²) in [5.41, 5.74) is -0.862. The first-order valence-electron chi connectivity index (χ1n) is 13.6. The number of carbonyl (C=O) groups is 1. The van der Waals surface area contributed by atoms with Gasteiger partial charge >= 0.3 is 12.1 Å². The van der Waals surface area contributed by atoms with Gasteiger partial charge in [-0.15, -0.1) is 0 Å². The van der Waals surface area contributed by atoms with Gasteiger partial charge in [-0.1, -0.05) is 11.6 Å². The minimum Gasteiger partial charge on any atom is -0.461 e. The zero-order valence-electron chi connectivity index (χ0n) is 22.4. The molecule has 2 aromatic rings. The lowest BCUT2D eigenvalue weighted by Gasteiger charge is -2.42. The molecule has 1 aromatic carbocycles. The lowest BCUT2D eigenvalue weighted by Crippen LogP contribution is -2.57. The van der Waals surface area contributed by atoms with Gasteiger partial charge in [0.2, 0.25) is 0 Å². The highest BCUT2D eigenvalue weighted by atomic mass is 79.9.